The second-order valence-corrected chi connectivity index (χ2v) is 4.55. The molecule has 1 saturated heterocycles. The van der Waals surface area contributed by atoms with Crippen LogP contribution in [0.25, 0.3) is 0 Å². The average molecular weight is 200 g/mol. The molecular weight excluding hydrogens is 176 g/mol. The molecular formula is C11H24N2O. The zero-order valence-corrected chi connectivity index (χ0v) is 9.59. The molecule has 1 aliphatic heterocycles. The van der Waals surface area contributed by atoms with Crippen molar-refractivity contribution in [3.8, 4) is 0 Å². The van der Waals surface area contributed by atoms with Gasteiger partial charge < -0.3 is 15.4 Å². The lowest BCUT2D eigenvalue weighted by Gasteiger charge is -2.39. The molecule has 0 atom stereocenters. The molecule has 1 heterocycles. The quantitative estimate of drug-likeness (QED) is 0.722. The van der Waals surface area contributed by atoms with Crippen LogP contribution in [0, 0.1) is 5.41 Å². The van der Waals surface area contributed by atoms with Crippen LogP contribution in [0.1, 0.15) is 26.2 Å². The Kier molecular flexibility index (Phi) is 4.85. The monoisotopic (exact) mass is 200 g/mol. The lowest BCUT2D eigenvalue weighted by molar-refractivity contribution is 0.00377. The molecule has 1 rings (SSSR count). The van der Waals surface area contributed by atoms with Gasteiger partial charge in [0.15, 0.2) is 0 Å². The van der Waals surface area contributed by atoms with Crippen molar-refractivity contribution in [3.05, 3.63) is 0 Å². The first-order valence-electron chi connectivity index (χ1n) is 5.69. The molecule has 14 heavy (non-hydrogen) atoms. The van der Waals surface area contributed by atoms with Gasteiger partial charge >= 0.3 is 0 Å². The highest BCUT2D eigenvalue weighted by molar-refractivity contribution is 4.85. The van der Waals surface area contributed by atoms with E-state index in [2.05, 4.69) is 18.9 Å². The molecule has 0 unspecified atom stereocenters. The second-order valence-electron chi connectivity index (χ2n) is 4.55. The third kappa shape index (κ3) is 3.23. The predicted molar refractivity (Wildman–Crippen MR) is 59.3 cm³/mol. The number of rotatable bonds is 5. The summed E-state index contributed by atoms with van der Waals surface area (Å²) in [7, 11) is 2.19. The van der Waals surface area contributed by atoms with E-state index in [9.17, 15) is 0 Å². The van der Waals surface area contributed by atoms with Gasteiger partial charge in [-0.25, -0.2) is 0 Å². The standard InChI is InChI=1S/C11H24N2O/c1-3-6-13(2)10-11(9-12)4-7-14-8-5-11/h3-10,12H2,1-2H3. The Labute approximate surface area is 87.6 Å². The maximum absolute atomic E-state index is 5.90. The van der Waals surface area contributed by atoms with E-state index in [1.165, 1.54) is 13.0 Å². The fourth-order valence-electron chi connectivity index (χ4n) is 2.26. The van der Waals surface area contributed by atoms with Crippen LogP contribution in [0.5, 0.6) is 0 Å². The summed E-state index contributed by atoms with van der Waals surface area (Å²) in [6.07, 6.45) is 3.46. The molecule has 0 aromatic rings. The van der Waals surface area contributed by atoms with Crippen molar-refractivity contribution in [1.29, 1.82) is 0 Å². The summed E-state index contributed by atoms with van der Waals surface area (Å²) in [5.41, 5.74) is 6.22. The molecule has 0 aromatic heterocycles. The van der Waals surface area contributed by atoms with Crippen LogP contribution in [0.15, 0.2) is 0 Å². The van der Waals surface area contributed by atoms with Crippen LogP contribution >= 0.6 is 0 Å². The molecule has 0 aromatic carbocycles. The Morgan fingerprint density at radius 2 is 2.00 bits per heavy atom. The van der Waals surface area contributed by atoms with Gasteiger partial charge in [0.2, 0.25) is 0 Å². The molecule has 3 heteroatoms. The van der Waals surface area contributed by atoms with Gasteiger partial charge in [-0.3, -0.25) is 0 Å². The molecule has 1 aliphatic rings. The minimum atomic E-state index is 0.322. The van der Waals surface area contributed by atoms with Crippen molar-refractivity contribution in [2.45, 2.75) is 26.2 Å². The predicted octanol–water partition coefficient (Wildman–Crippen LogP) is 1.08. The molecule has 0 amide bonds. The van der Waals surface area contributed by atoms with Gasteiger partial charge in [-0.2, -0.15) is 0 Å². The highest BCUT2D eigenvalue weighted by Crippen LogP contribution is 2.29. The second kappa shape index (κ2) is 5.69. The summed E-state index contributed by atoms with van der Waals surface area (Å²) < 4.78 is 5.39. The minimum absolute atomic E-state index is 0.322. The first-order chi connectivity index (χ1) is 6.72. The number of hydrogen-bond donors (Lipinski definition) is 1. The molecule has 0 aliphatic carbocycles. The van der Waals surface area contributed by atoms with E-state index in [4.69, 9.17) is 10.5 Å². The molecule has 0 radical (unpaired) electrons. The Balaban J connectivity index is 2.42. The largest absolute Gasteiger partial charge is 0.381 e. The highest BCUT2D eigenvalue weighted by Gasteiger charge is 2.31. The van der Waals surface area contributed by atoms with Crippen LogP contribution in [0.4, 0.5) is 0 Å². The van der Waals surface area contributed by atoms with E-state index in [1.807, 2.05) is 0 Å². The normalized spacial score (nSPS) is 21.4. The van der Waals surface area contributed by atoms with Crippen molar-refractivity contribution >= 4 is 0 Å². The Morgan fingerprint density at radius 3 is 2.50 bits per heavy atom. The lowest BCUT2D eigenvalue weighted by Crippen LogP contribution is -2.45. The molecule has 3 nitrogen and oxygen atoms in total. The smallest absolute Gasteiger partial charge is 0.0472 e. The highest BCUT2D eigenvalue weighted by atomic mass is 16.5. The Bertz CT molecular complexity index is 155. The van der Waals surface area contributed by atoms with Gasteiger partial charge in [0.05, 0.1) is 0 Å². The van der Waals surface area contributed by atoms with E-state index < -0.39 is 0 Å². The van der Waals surface area contributed by atoms with Gasteiger partial charge in [0.25, 0.3) is 0 Å². The van der Waals surface area contributed by atoms with E-state index in [0.717, 1.165) is 39.1 Å². The van der Waals surface area contributed by atoms with Crippen LogP contribution < -0.4 is 5.73 Å². The minimum Gasteiger partial charge on any atom is -0.381 e. The molecule has 0 saturated carbocycles. The third-order valence-corrected chi connectivity index (χ3v) is 3.20. The average Bonchev–Trinajstić information content (AvgIpc) is 2.19. The van der Waals surface area contributed by atoms with Crippen molar-refractivity contribution in [2.24, 2.45) is 11.1 Å². The first-order valence-corrected chi connectivity index (χ1v) is 5.69. The van der Waals surface area contributed by atoms with E-state index in [1.54, 1.807) is 0 Å². The third-order valence-electron chi connectivity index (χ3n) is 3.20. The fraction of sp³-hybridized carbons (Fsp3) is 1.00. The topological polar surface area (TPSA) is 38.5 Å². The SMILES string of the molecule is CCCN(C)CC1(CN)CCOCC1. The Morgan fingerprint density at radius 1 is 1.36 bits per heavy atom. The molecule has 84 valence electrons. The van der Waals surface area contributed by atoms with Crippen molar-refractivity contribution < 1.29 is 4.74 Å². The lowest BCUT2D eigenvalue weighted by atomic mass is 9.80. The zero-order valence-electron chi connectivity index (χ0n) is 9.59. The number of nitrogens with zero attached hydrogens (tertiary/aromatic N) is 1. The van der Waals surface area contributed by atoms with Crippen LogP contribution in [0.3, 0.4) is 0 Å². The van der Waals surface area contributed by atoms with Crippen molar-refractivity contribution in [2.75, 3.05) is 39.9 Å². The summed E-state index contributed by atoms with van der Waals surface area (Å²) in [6.45, 7) is 7.08. The number of nitrogens with two attached hydrogens (primary N) is 1. The molecule has 2 N–H and O–H groups in total. The van der Waals surface area contributed by atoms with Crippen LogP contribution in [-0.2, 0) is 4.74 Å². The summed E-state index contributed by atoms with van der Waals surface area (Å²) in [5, 5.41) is 0. The summed E-state index contributed by atoms with van der Waals surface area (Å²) >= 11 is 0. The van der Waals surface area contributed by atoms with Crippen LogP contribution in [-0.4, -0.2) is 44.8 Å². The van der Waals surface area contributed by atoms with Gasteiger partial charge in [0.1, 0.15) is 0 Å². The first kappa shape index (κ1) is 12.0. The van der Waals surface area contributed by atoms with Gasteiger partial charge in [-0.15, -0.1) is 0 Å². The van der Waals surface area contributed by atoms with Gasteiger partial charge in [0, 0.05) is 19.8 Å². The summed E-state index contributed by atoms with van der Waals surface area (Å²) in [4.78, 5) is 2.40. The van der Waals surface area contributed by atoms with Crippen molar-refractivity contribution in [3.63, 3.8) is 0 Å². The summed E-state index contributed by atoms with van der Waals surface area (Å²) in [6, 6.07) is 0. The number of hydrogen-bond acceptors (Lipinski definition) is 3. The number of ether oxygens (including phenoxy) is 1. The van der Waals surface area contributed by atoms with E-state index in [0.29, 0.717) is 5.41 Å². The van der Waals surface area contributed by atoms with E-state index in [-0.39, 0.29) is 0 Å². The maximum atomic E-state index is 5.90. The fourth-order valence-corrected chi connectivity index (χ4v) is 2.26. The summed E-state index contributed by atoms with van der Waals surface area (Å²) in [5.74, 6) is 0. The van der Waals surface area contributed by atoms with Crippen molar-refractivity contribution in [1.82, 2.24) is 4.90 Å². The molecule has 0 bridgehead atoms. The zero-order chi connectivity index (χ0) is 10.4. The Hall–Kier alpha value is -0.120. The van der Waals surface area contributed by atoms with Gasteiger partial charge in [-0.05, 0) is 44.8 Å². The van der Waals surface area contributed by atoms with Crippen LogP contribution in [0.2, 0.25) is 0 Å². The molecule has 1 fully saturated rings. The molecule has 0 spiro atoms. The van der Waals surface area contributed by atoms with Gasteiger partial charge in [-0.1, -0.05) is 6.92 Å². The van der Waals surface area contributed by atoms with E-state index >= 15 is 0 Å². The maximum Gasteiger partial charge on any atom is 0.0472 e.